The fourth-order valence-electron chi connectivity index (χ4n) is 6.67. The lowest BCUT2D eigenvalue weighted by atomic mass is 9.20. The number of pyridine rings is 1. The van der Waals surface area contributed by atoms with Crippen molar-refractivity contribution in [1.29, 1.82) is 0 Å². The van der Waals surface area contributed by atoms with Crippen LogP contribution in [0, 0.1) is 48.2 Å². The quantitative estimate of drug-likeness (QED) is 0.243. The van der Waals surface area contributed by atoms with Crippen molar-refractivity contribution in [1.82, 2.24) is 0 Å². The molecule has 0 unspecified atom stereocenters. The summed E-state index contributed by atoms with van der Waals surface area (Å²) in [7, 11) is 1.78. The average molecular weight is 530 g/mol. The Morgan fingerprint density at radius 3 is 1.60 bits per heavy atom. The van der Waals surface area contributed by atoms with E-state index in [4.69, 9.17) is 16.4 Å². The van der Waals surface area contributed by atoms with E-state index >= 15 is 0 Å². The number of hydrogen-bond donors (Lipinski definition) is 0. The Morgan fingerprint density at radius 1 is 0.550 bits per heavy atom. The molecule has 1 aromatic heterocycles. The van der Waals surface area contributed by atoms with Gasteiger partial charge in [0.15, 0.2) is 6.20 Å². The molecule has 0 spiro atoms. The van der Waals surface area contributed by atoms with Gasteiger partial charge in [0.2, 0.25) is 19.1 Å². The van der Waals surface area contributed by atoms with E-state index in [9.17, 15) is 0 Å². The minimum atomic E-state index is -2.61. The summed E-state index contributed by atoms with van der Waals surface area (Å²) in [6.07, 6.45) is 1.61. The van der Waals surface area contributed by atoms with Crippen LogP contribution < -0.4 is 37.3 Å². The van der Waals surface area contributed by atoms with E-state index in [1.165, 1.54) is 18.2 Å². The van der Waals surface area contributed by atoms with E-state index in [0.29, 0.717) is 33.1 Å². The predicted molar refractivity (Wildman–Crippen MR) is 175 cm³/mol. The summed E-state index contributed by atoms with van der Waals surface area (Å²) in [6.45, 7) is -5.95. The maximum Gasteiger partial charge on any atom is 0.240 e. The highest BCUT2D eigenvalue weighted by Gasteiger charge is 2.40. The molecule has 0 saturated carbocycles. The van der Waals surface area contributed by atoms with Gasteiger partial charge >= 0.3 is 0 Å². The minimum absolute atomic E-state index is 0.0467. The molecule has 0 amide bonds. The average Bonchev–Trinajstić information content (AvgIpc) is 3.03. The fourth-order valence-corrected chi connectivity index (χ4v) is 6.67. The van der Waals surface area contributed by atoms with E-state index in [2.05, 4.69) is 0 Å². The van der Waals surface area contributed by atoms with Crippen LogP contribution in [-0.2, 0) is 7.05 Å². The fraction of sp³-hybridized carbons (Fsp3) is 0.216. The van der Waals surface area contributed by atoms with Gasteiger partial charge in [0.25, 0.3) is 0 Å². The van der Waals surface area contributed by atoms with Crippen LogP contribution in [0.2, 0.25) is 0 Å². The maximum absolute atomic E-state index is 8.75. The minimum Gasteiger partial charge on any atom is -0.201 e. The highest BCUT2D eigenvalue weighted by molar-refractivity contribution is 7.11. The van der Waals surface area contributed by atoms with Gasteiger partial charge in [0.05, 0.1) is 5.56 Å². The molecular formula is C37H38B2N+. The van der Waals surface area contributed by atoms with E-state index in [-0.39, 0.29) is 27.7 Å². The lowest BCUT2D eigenvalue weighted by Gasteiger charge is -2.34. The first-order chi connectivity index (χ1) is 24.0. The monoisotopic (exact) mass is 530 g/mol. The third-order valence-corrected chi connectivity index (χ3v) is 8.48. The number of aromatic nitrogens is 1. The molecule has 0 fully saturated rings. The Labute approximate surface area is 258 Å². The van der Waals surface area contributed by atoms with Crippen LogP contribution in [-0.4, -0.2) is 13.4 Å². The van der Waals surface area contributed by atoms with E-state index in [1.54, 1.807) is 30.8 Å². The number of nitrogens with zero attached hydrogens (tertiary/aromatic N) is 1. The molecule has 3 heteroatoms. The van der Waals surface area contributed by atoms with Gasteiger partial charge in [-0.3, -0.25) is 0 Å². The summed E-state index contributed by atoms with van der Waals surface area (Å²) in [5.74, 6) is 0. The third kappa shape index (κ3) is 4.06. The third-order valence-electron chi connectivity index (χ3n) is 8.48. The Balaban J connectivity index is 1.72. The van der Waals surface area contributed by atoms with Crippen molar-refractivity contribution in [3.8, 4) is 11.3 Å². The van der Waals surface area contributed by atoms with Crippen LogP contribution >= 0.6 is 0 Å². The van der Waals surface area contributed by atoms with Crippen molar-refractivity contribution < 1.29 is 21.0 Å². The standard InChI is InChI=1S/C37H38B2N/c1-23-14-13-15-24(2)36(23)38-30-16-9-11-18-32(30)39(33-19-12-10-17-31(33)38)37-27(5)20-26(4)35(29(37)7)34-21-25(3)28(6)22-40(34)8/h9-22H,1-8H3/q+1/i1D3,2D3,5D3,6D3. The zero-order valence-corrected chi connectivity index (χ0v) is 23.2. The van der Waals surface area contributed by atoms with Crippen molar-refractivity contribution in [2.45, 2.75) is 48.2 Å². The summed E-state index contributed by atoms with van der Waals surface area (Å²) in [4.78, 5) is 0. The molecule has 1 nitrogen and oxygen atoms in total. The van der Waals surface area contributed by atoms with Gasteiger partial charge in [-0.05, 0) is 64.9 Å². The van der Waals surface area contributed by atoms with Gasteiger partial charge < -0.3 is 0 Å². The molecule has 0 atom stereocenters. The molecule has 1 aliphatic heterocycles. The summed E-state index contributed by atoms with van der Waals surface area (Å²) < 4.78 is 103. The predicted octanol–water partition coefficient (Wildman–Crippen LogP) is 3.68. The van der Waals surface area contributed by atoms with Crippen LogP contribution in [0.5, 0.6) is 0 Å². The van der Waals surface area contributed by atoms with Crippen molar-refractivity contribution in [3.05, 3.63) is 124 Å². The summed E-state index contributed by atoms with van der Waals surface area (Å²) >= 11 is 0. The second-order valence-electron chi connectivity index (χ2n) is 10.9. The number of hydrogen-bond acceptors (Lipinski definition) is 0. The maximum atomic E-state index is 8.75. The Morgan fingerprint density at radius 2 is 1.07 bits per heavy atom. The Kier molecular flexibility index (Phi) is 3.94. The smallest absolute Gasteiger partial charge is 0.201 e. The number of fused-ring (bicyclic) bond motifs is 2. The van der Waals surface area contributed by atoms with E-state index in [1.807, 2.05) is 68.4 Å². The first kappa shape index (κ1) is 15.8. The summed E-state index contributed by atoms with van der Waals surface area (Å²) in [5, 5.41) is 0. The molecule has 196 valence electrons. The lowest BCUT2D eigenvalue weighted by molar-refractivity contribution is -0.660. The summed E-state index contributed by atoms with van der Waals surface area (Å²) in [5.41, 5.74) is 7.45. The molecule has 4 aromatic carbocycles. The van der Waals surface area contributed by atoms with Crippen LogP contribution in [0.15, 0.2) is 85.1 Å². The molecule has 40 heavy (non-hydrogen) atoms. The van der Waals surface area contributed by atoms with Crippen molar-refractivity contribution in [2.24, 2.45) is 7.05 Å². The molecule has 6 rings (SSSR count). The number of benzene rings is 4. The van der Waals surface area contributed by atoms with Gasteiger partial charge in [-0.15, -0.1) is 0 Å². The SMILES string of the molecule is [2H]C([2H])([2H])c1c[n+](C)c(-c2c(C)cc(C([2H])([2H])[2H])c(B3c4ccccc4B(c4c(C([2H])([2H])[2H])cccc4C([2H])([2H])[2H])c4ccccc43)c2C)cc1C. The molecule has 0 aliphatic carbocycles. The molecule has 0 bridgehead atoms. The van der Waals surface area contributed by atoms with Crippen LogP contribution in [0.4, 0.5) is 0 Å². The molecule has 1 aliphatic rings. The lowest BCUT2D eigenvalue weighted by Crippen LogP contribution is -2.75. The van der Waals surface area contributed by atoms with Crippen LogP contribution in [0.1, 0.15) is 55.4 Å². The highest BCUT2D eigenvalue weighted by Crippen LogP contribution is 2.27. The van der Waals surface area contributed by atoms with Crippen molar-refractivity contribution in [3.63, 3.8) is 0 Å². The largest absolute Gasteiger partial charge is 0.240 e. The van der Waals surface area contributed by atoms with Gasteiger partial charge in [-0.2, -0.15) is 0 Å². The normalized spacial score (nSPS) is 18.1. The highest BCUT2D eigenvalue weighted by atomic mass is 14.9. The van der Waals surface area contributed by atoms with Crippen molar-refractivity contribution >= 4 is 46.2 Å². The number of rotatable bonds is 3. The van der Waals surface area contributed by atoms with Gasteiger partial charge in [-0.25, -0.2) is 4.57 Å². The van der Waals surface area contributed by atoms with Gasteiger partial charge in [0, 0.05) is 28.1 Å². The van der Waals surface area contributed by atoms with E-state index < -0.39 is 40.8 Å². The molecule has 2 heterocycles. The zero-order valence-electron chi connectivity index (χ0n) is 35.2. The van der Waals surface area contributed by atoms with Gasteiger partial charge in [-0.1, -0.05) is 122 Å². The van der Waals surface area contributed by atoms with Crippen LogP contribution in [0.3, 0.4) is 0 Å². The molecule has 0 N–H and O–H groups in total. The first-order valence-electron chi connectivity index (χ1n) is 19.5. The Bertz CT molecular complexity index is 2140. The van der Waals surface area contributed by atoms with Crippen LogP contribution in [0.25, 0.3) is 11.3 Å². The van der Waals surface area contributed by atoms with Crippen molar-refractivity contribution in [2.75, 3.05) is 0 Å². The molecule has 5 aromatic rings. The number of aryl methyl sites for hydroxylation is 7. The molecular weight excluding hydrogens is 480 g/mol. The molecule has 0 saturated heterocycles. The van der Waals surface area contributed by atoms with E-state index in [0.717, 1.165) is 22.2 Å². The van der Waals surface area contributed by atoms with Gasteiger partial charge in [0.1, 0.15) is 7.05 Å². The summed E-state index contributed by atoms with van der Waals surface area (Å²) in [6, 6.07) is 22.9. The topological polar surface area (TPSA) is 3.88 Å². The second kappa shape index (κ2) is 9.97. The first-order valence-corrected chi connectivity index (χ1v) is 13.5. The Hall–Kier alpha value is -3.84. The zero-order chi connectivity index (χ0) is 38.3. The second-order valence-corrected chi connectivity index (χ2v) is 10.9. The molecule has 0 radical (unpaired) electrons.